The van der Waals surface area contributed by atoms with E-state index < -0.39 is 5.97 Å². The van der Waals surface area contributed by atoms with E-state index in [2.05, 4.69) is 15.0 Å². The lowest BCUT2D eigenvalue weighted by molar-refractivity contribution is -0.116. The standard InChI is InChI=1S/C17H15N3O4/c1-24-16(22)11-5-4-6-12(9-11)18-15(21)10-20-14-8-3-2-7-13(14)19-17(20)23/h2-9H,10H2,1H3,(H,18,21)(H,19,23). The fourth-order valence-corrected chi connectivity index (χ4v) is 2.45. The lowest BCUT2D eigenvalue weighted by Gasteiger charge is -2.07. The fourth-order valence-electron chi connectivity index (χ4n) is 2.45. The van der Waals surface area contributed by atoms with Crippen molar-refractivity contribution in [2.75, 3.05) is 12.4 Å². The van der Waals surface area contributed by atoms with Gasteiger partial charge in [-0.3, -0.25) is 9.36 Å². The van der Waals surface area contributed by atoms with Crippen LogP contribution >= 0.6 is 0 Å². The van der Waals surface area contributed by atoms with Crippen molar-refractivity contribution < 1.29 is 14.3 Å². The Labute approximate surface area is 136 Å². The highest BCUT2D eigenvalue weighted by Crippen LogP contribution is 2.13. The summed E-state index contributed by atoms with van der Waals surface area (Å²) in [5, 5.41) is 2.67. The average molecular weight is 325 g/mol. The highest BCUT2D eigenvalue weighted by atomic mass is 16.5. The van der Waals surface area contributed by atoms with Gasteiger partial charge in [0.1, 0.15) is 6.54 Å². The van der Waals surface area contributed by atoms with Crippen LogP contribution in [0.4, 0.5) is 5.69 Å². The molecule has 0 bridgehead atoms. The number of fused-ring (bicyclic) bond motifs is 1. The van der Waals surface area contributed by atoms with E-state index in [1.165, 1.54) is 17.7 Å². The van der Waals surface area contributed by atoms with Crippen molar-refractivity contribution in [1.82, 2.24) is 9.55 Å². The van der Waals surface area contributed by atoms with Gasteiger partial charge in [0.2, 0.25) is 5.91 Å². The highest BCUT2D eigenvalue weighted by molar-refractivity contribution is 5.94. The second kappa shape index (κ2) is 6.41. The first-order chi connectivity index (χ1) is 11.6. The first kappa shape index (κ1) is 15.5. The number of hydrogen-bond donors (Lipinski definition) is 2. The third kappa shape index (κ3) is 3.05. The van der Waals surface area contributed by atoms with Gasteiger partial charge in [-0.15, -0.1) is 0 Å². The maximum Gasteiger partial charge on any atom is 0.337 e. The molecule has 0 aliphatic heterocycles. The van der Waals surface area contributed by atoms with Crippen LogP contribution < -0.4 is 11.0 Å². The van der Waals surface area contributed by atoms with Crippen molar-refractivity contribution in [1.29, 1.82) is 0 Å². The maximum atomic E-state index is 12.2. The lowest BCUT2D eigenvalue weighted by Crippen LogP contribution is -2.25. The van der Waals surface area contributed by atoms with Gasteiger partial charge in [0.15, 0.2) is 0 Å². The Morgan fingerprint density at radius 1 is 1.17 bits per heavy atom. The Morgan fingerprint density at radius 3 is 2.75 bits per heavy atom. The van der Waals surface area contributed by atoms with E-state index in [1.54, 1.807) is 42.5 Å². The van der Waals surface area contributed by atoms with E-state index in [9.17, 15) is 14.4 Å². The predicted molar refractivity (Wildman–Crippen MR) is 89.0 cm³/mol. The van der Waals surface area contributed by atoms with E-state index in [0.29, 0.717) is 22.3 Å². The van der Waals surface area contributed by atoms with Crippen molar-refractivity contribution in [2.45, 2.75) is 6.54 Å². The minimum atomic E-state index is -0.487. The molecule has 0 saturated carbocycles. The second-order valence-corrected chi connectivity index (χ2v) is 5.15. The molecule has 122 valence electrons. The molecule has 1 heterocycles. The van der Waals surface area contributed by atoms with E-state index in [0.717, 1.165) is 0 Å². The fraction of sp³-hybridized carbons (Fsp3) is 0.118. The number of esters is 1. The summed E-state index contributed by atoms with van der Waals surface area (Å²) in [6.45, 7) is -0.134. The van der Waals surface area contributed by atoms with Crippen molar-refractivity contribution in [2.24, 2.45) is 0 Å². The number of anilines is 1. The summed E-state index contributed by atoms with van der Waals surface area (Å²) in [6, 6.07) is 13.5. The molecule has 0 aliphatic carbocycles. The minimum Gasteiger partial charge on any atom is -0.465 e. The Balaban J connectivity index is 1.79. The molecule has 1 amide bonds. The number of aromatic amines is 1. The maximum absolute atomic E-state index is 12.2. The molecule has 0 fully saturated rings. The van der Waals surface area contributed by atoms with Crippen LogP contribution in [0.15, 0.2) is 53.3 Å². The van der Waals surface area contributed by atoms with Gasteiger partial charge in [-0.05, 0) is 30.3 Å². The molecule has 0 aliphatic rings. The number of para-hydroxylation sites is 2. The van der Waals surface area contributed by atoms with E-state index in [4.69, 9.17) is 0 Å². The van der Waals surface area contributed by atoms with Gasteiger partial charge >= 0.3 is 11.7 Å². The Kier molecular flexibility index (Phi) is 4.15. The zero-order valence-corrected chi connectivity index (χ0v) is 12.9. The number of amides is 1. The summed E-state index contributed by atoms with van der Waals surface area (Å²) in [5.74, 6) is -0.859. The van der Waals surface area contributed by atoms with Crippen LogP contribution in [0.25, 0.3) is 11.0 Å². The Morgan fingerprint density at radius 2 is 1.96 bits per heavy atom. The van der Waals surface area contributed by atoms with Crippen LogP contribution in [0.3, 0.4) is 0 Å². The van der Waals surface area contributed by atoms with Crippen molar-refractivity contribution in [3.05, 3.63) is 64.6 Å². The molecule has 3 aromatic rings. The number of carbonyl (C=O) groups excluding carboxylic acids is 2. The molecule has 0 unspecified atom stereocenters. The number of carbonyl (C=O) groups is 2. The summed E-state index contributed by atoms with van der Waals surface area (Å²) >= 11 is 0. The smallest absolute Gasteiger partial charge is 0.337 e. The van der Waals surface area contributed by atoms with E-state index in [1.807, 2.05) is 0 Å². The predicted octanol–water partition coefficient (Wildman–Crippen LogP) is 1.75. The largest absolute Gasteiger partial charge is 0.465 e. The number of nitrogens with one attached hydrogen (secondary N) is 2. The minimum absolute atomic E-state index is 0.134. The van der Waals surface area contributed by atoms with E-state index >= 15 is 0 Å². The quantitative estimate of drug-likeness (QED) is 0.715. The number of imidazole rings is 1. The van der Waals surface area contributed by atoms with Crippen molar-refractivity contribution in [3.63, 3.8) is 0 Å². The molecule has 7 heteroatoms. The monoisotopic (exact) mass is 325 g/mol. The van der Waals surface area contributed by atoms with Crippen molar-refractivity contribution >= 4 is 28.6 Å². The van der Waals surface area contributed by atoms with Gasteiger partial charge in [-0.25, -0.2) is 9.59 Å². The molecule has 1 aromatic heterocycles. The van der Waals surface area contributed by atoms with Gasteiger partial charge in [0, 0.05) is 5.69 Å². The summed E-state index contributed by atoms with van der Waals surface area (Å²) in [5.41, 5.74) is 1.76. The SMILES string of the molecule is COC(=O)c1cccc(NC(=O)Cn2c(=O)[nH]c3ccccc32)c1. The summed E-state index contributed by atoms with van der Waals surface area (Å²) in [4.78, 5) is 38.4. The zero-order chi connectivity index (χ0) is 17.1. The van der Waals surface area contributed by atoms with Gasteiger partial charge in [-0.2, -0.15) is 0 Å². The topological polar surface area (TPSA) is 93.2 Å². The number of H-pyrrole nitrogens is 1. The molecular weight excluding hydrogens is 310 g/mol. The summed E-state index contributed by atoms with van der Waals surface area (Å²) in [6.07, 6.45) is 0. The molecular formula is C17H15N3O4. The molecule has 24 heavy (non-hydrogen) atoms. The number of methoxy groups -OCH3 is 1. The molecule has 3 rings (SSSR count). The molecule has 0 radical (unpaired) electrons. The molecule has 2 aromatic carbocycles. The average Bonchev–Trinajstić information content (AvgIpc) is 2.90. The lowest BCUT2D eigenvalue weighted by atomic mass is 10.2. The summed E-state index contributed by atoms with van der Waals surface area (Å²) in [7, 11) is 1.29. The third-order valence-corrected chi connectivity index (χ3v) is 3.55. The van der Waals surface area contributed by atoms with Gasteiger partial charge in [0.25, 0.3) is 0 Å². The van der Waals surface area contributed by atoms with Crippen LogP contribution in [-0.2, 0) is 16.1 Å². The Hall–Kier alpha value is -3.35. The zero-order valence-electron chi connectivity index (χ0n) is 12.9. The number of nitrogens with zero attached hydrogens (tertiary/aromatic N) is 1. The molecule has 7 nitrogen and oxygen atoms in total. The van der Waals surface area contributed by atoms with Crippen LogP contribution in [0.2, 0.25) is 0 Å². The number of benzene rings is 2. The van der Waals surface area contributed by atoms with E-state index in [-0.39, 0.29) is 18.1 Å². The molecule has 0 spiro atoms. The van der Waals surface area contributed by atoms with Crippen LogP contribution in [0.1, 0.15) is 10.4 Å². The van der Waals surface area contributed by atoms with Gasteiger partial charge in [-0.1, -0.05) is 18.2 Å². The first-order valence-electron chi connectivity index (χ1n) is 7.24. The molecule has 0 saturated heterocycles. The van der Waals surface area contributed by atoms with Gasteiger partial charge < -0.3 is 15.0 Å². The molecule has 2 N–H and O–H groups in total. The van der Waals surface area contributed by atoms with Crippen LogP contribution in [-0.4, -0.2) is 28.5 Å². The van der Waals surface area contributed by atoms with Gasteiger partial charge in [0.05, 0.1) is 23.7 Å². The third-order valence-electron chi connectivity index (χ3n) is 3.55. The normalized spacial score (nSPS) is 10.5. The van der Waals surface area contributed by atoms with Crippen LogP contribution in [0.5, 0.6) is 0 Å². The summed E-state index contributed by atoms with van der Waals surface area (Å²) < 4.78 is 6.00. The number of aromatic nitrogens is 2. The highest BCUT2D eigenvalue weighted by Gasteiger charge is 2.11. The number of rotatable bonds is 4. The Bertz CT molecular complexity index is 971. The number of hydrogen-bond acceptors (Lipinski definition) is 4. The second-order valence-electron chi connectivity index (χ2n) is 5.15. The molecule has 0 atom stereocenters. The van der Waals surface area contributed by atoms with Crippen molar-refractivity contribution in [3.8, 4) is 0 Å². The first-order valence-corrected chi connectivity index (χ1v) is 7.24. The van der Waals surface area contributed by atoms with Crippen LogP contribution in [0, 0.1) is 0 Å². The number of ether oxygens (including phenoxy) is 1.